The summed E-state index contributed by atoms with van der Waals surface area (Å²) >= 11 is 0. The van der Waals surface area contributed by atoms with Gasteiger partial charge in [-0.1, -0.05) is 12.1 Å². The minimum Gasteiger partial charge on any atom is -0.332 e. The van der Waals surface area contributed by atoms with Crippen molar-refractivity contribution in [1.82, 2.24) is 14.5 Å². The Morgan fingerprint density at radius 1 is 1.30 bits per heavy atom. The molecule has 1 atom stereocenters. The summed E-state index contributed by atoms with van der Waals surface area (Å²) in [5.41, 5.74) is 2.00. The van der Waals surface area contributed by atoms with Gasteiger partial charge in [0, 0.05) is 37.4 Å². The van der Waals surface area contributed by atoms with Crippen LogP contribution in [0.3, 0.4) is 0 Å². The number of likely N-dealkylation sites (tertiary alicyclic amines) is 1. The average molecular weight is 308 g/mol. The van der Waals surface area contributed by atoms with Crippen LogP contribution in [0.15, 0.2) is 36.7 Å². The van der Waals surface area contributed by atoms with E-state index in [9.17, 15) is 0 Å². The van der Waals surface area contributed by atoms with Crippen molar-refractivity contribution >= 4 is 0 Å². The Hall–Kier alpha value is -2.12. The second kappa shape index (κ2) is 6.97. The van der Waals surface area contributed by atoms with Crippen LogP contribution in [0, 0.1) is 11.3 Å². The summed E-state index contributed by atoms with van der Waals surface area (Å²) in [4.78, 5) is 7.13. The first-order valence-electron chi connectivity index (χ1n) is 8.41. The lowest BCUT2D eigenvalue weighted by Crippen LogP contribution is -2.35. The molecule has 1 saturated heterocycles. The molecule has 0 bridgehead atoms. The van der Waals surface area contributed by atoms with Crippen molar-refractivity contribution in [2.75, 3.05) is 13.1 Å². The molecule has 0 aliphatic carbocycles. The van der Waals surface area contributed by atoms with Gasteiger partial charge in [0.05, 0.1) is 11.6 Å². The molecule has 4 nitrogen and oxygen atoms in total. The molecule has 0 amide bonds. The molecule has 0 radical (unpaired) electrons. The SMILES string of the molecule is CC(C)n1ccnc1[C@H]1CCCN(Cc2ccc(C#N)cc2)C1. The van der Waals surface area contributed by atoms with E-state index in [1.807, 2.05) is 18.3 Å². The summed E-state index contributed by atoms with van der Waals surface area (Å²) in [6.07, 6.45) is 6.45. The minimum atomic E-state index is 0.460. The number of rotatable bonds is 4. The molecule has 1 aliphatic rings. The van der Waals surface area contributed by atoms with Gasteiger partial charge in [-0.05, 0) is 50.9 Å². The normalized spacial score (nSPS) is 19.0. The van der Waals surface area contributed by atoms with E-state index in [0.717, 1.165) is 25.2 Å². The van der Waals surface area contributed by atoms with E-state index in [-0.39, 0.29) is 0 Å². The molecule has 0 unspecified atom stereocenters. The molecule has 0 spiro atoms. The Morgan fingerprint density at radius 2 is 2.09 bits per heavy atom. The fourth-order valence-corrected chi connectivity index (χ4v) is 3.43. The van der Waals surface area contributed by atoms with Gasteiger partial charge in [0.2, 0.25) is 0 Å². The molecule has 1 aliphatic heterocycles. The molecule has 1 fully saturated rings. The van der Waals surface area contributed by atoms with Crippen molar-refractivity contribution in [3.05, 3.63) is 53.6 Å². The van der Waals surface area contributed by atoms with E-state index in [0.29, 0.717) is 12.0 Å². The summed E-state index contributed by atoms with van der Waals surface area (Å²) in [6.45, 7) is 7.57. The number of hydrogen-bond acceptors (Lipinski definition) is 3. The molecule has 0 saturated carbocycles. The lowest BCUT2D eigenvalue weighted by molar-refractivity contribution is 0.194. The van der Waals surface area contributed by atoms with Crippen molar-refractivity contribution in [3.8, 4) is 6.07 Å². The first-order chi connectivity index (χ1) is 11.2. The van der Waals surface area contributed by atoms with Gasteiger partial charge in [-0.25, -0.2) is 4.98 Å². The maximum Gasteiger partial charge on any atom is 0.113 e. The topological polar surface area (TPSA) is 44.9 Å². The largest absolute Gasteiger partial charge is 0.332 e. The Balaban J connectivity index is 1.68. The summed E-state index contributed by atoms with van der Waals surface area (Å²) in [5, 5.41) is 8.89. The zero-order chi connectivity index (χ0) is 16.2. The molecular formula is C19H24N4. The van der Waals surface area contributed by atoms with Crippen LogP contribution in [0.25, 0.3) is 0 Å². The van der Waals surface area contributed by atoms with Gasteiger partial charge in [-0.2, -0.15) is 5.26 Å². The second-order valence-electron chi connectivity index (χ2n) is 6.67. The number of piperidine rings is 1. The molecular weight excluding hydrogens is 284 g/mol. The summed E-state index contributed by atoms with van der Waals surface area (Å²) in [5.74, 6) is 1.74. The highest BCUT2D eigenvalue weighted by atomic mass is 15.2. The van der Waals surface area contributed by atoms with Crippen LogP contribution >= 0.6 is 0 Å². The van der Waals surface area contributed by atoms with Crippen LogP contribution < -0.4 is 0 Å². The van der Waals surface area contributed by atoms with E-state index in [4.69, 9.17) is 5.26 Å². The summed E-state index contributed by atoms with van der Waals surface area (Å²) < 4.78 is 2.30. The average Bonchev–Trinajstić information content (AvgIpc) is 3.06. The Kier molecular flexibility index (Phi) is 4.78. The predicted molar refractivity (Wildman–Crippen MR) is 91.0 cm³/mol. The fourth-order valence-electron chi connectivity index (χ4n) is 3.43. The minimum absolute atomic E-state index is 0.460. The maximum absolute atomic E-state index is 8.89. The zero-order valence-corrected chi connectivity index (χ0v) is 13.9. The first kappa shape index (κ1) is 15.8. The number of nitrogens with zero attached hydrogens (tertiary/aromatic N) is 4. The van der Waals surface area contributed by atoms with Crippen molar-refractivity contribution < 1.29 is 0 Å². The van der Waals surface area contributed by atoms with E-state index in [2.05, 4.69) is 52.7 Å². The third-order valence-corrected chi connectivity index (χ3v) is 4.61. The van der Waals surface area contributed by atoms with Gasteiger partial charge in [-0.15, -0.1) is 0 Å². The molecule has 4 heteroatoms. The second-order valence-corrected chi connectivity index (χ2v) is 6.67. The van der Waals surface area contributed by atoms with Gasteiger partial charge in [-0.3, -0.25) is 4.90 Å². The highest BCUT2D eigenvalue weighted by molar-refractivity contribution is 5.31. The van der Waals surface area contributed by atoms with Crippen molar-refractivity contribution in [1.29, 1.82) is 5.26 Å². The van der Waals surface area contributed by atoms with Crippen LogP contribution in [0.2, 0.25) is 0 Å². The molecule has 0 N–H and O–H groups in total. The van der Waals surface area contributed by atoms with Gasteiger partial charge in [0.15, 0.2) is 0 Å². The number of imidazole rings is 1. The third kappa shape index (κ3) is 3.62. The van der Waals surface area contributed by atoms with Crippen LogP contribution in [0.5, 0.6) is 0 Å². The van der Waals surface area contributed by atoms with Crippen LogP contribution in [-0.2, 0) is 6.54 Å². The standard InChI is InChI=1S/C19H24N4/c1-15(2)23-11-9-21-19(23)18-4-3-10-22(14-18)13-17-7-5-16(12-20)6-8-17/h5-9,11,15,18H,3-4,10,13-14H2,1-2H3/t18-/m0/s1. The number of benzene rings is 1. The summed E-state index contributed by atoms with van der Waals surface area (Å²) in [7, 11) is 0. The lowest BCUT2D eigenvalue weighted by Gasteiger charge is -2.33. The van der Waals surface area contributed by atoms with Crippen LogP contribution in [-0.4, -0.2) is 27.5 Å². The summed E-state index contributed by atoms with van der Waals surface area (Å²) in [6, 6.07) is 10.6. The monoisotopic (exact) mass is 308 g/mol. The Bertz CT molecular complexity index is 678. The molecule has 2 aromatic rings. The quantitative estimate of drug-likeness (QED) is 0.865. The lowest BCUT2D eigenvalue weighted by atomic mass is 9.96. The molecule has 1 aromatic carbocycles. The van der Waals surface area contributed by atoms with Crippen LogP contribution in [0.4, 0.5) is 0 Å². The van der Waals surface area contributed by atoms with E-state index in [1.54, 1.807) is 0 Å². The van der Waals surface area contributed by atoms with Gasteiger partial charge >= 0.3 is 0 Å². The number of aromatic nitrogens is 2. The fraction of sp³-hybridized carbons (Fsp3) is 0.474. The van der Waals surface area contributed by atoms with Gasteiger partial charge < -0.3 is 4.57 Å². The third-order valence-electron chi connectivity index (χ3n) is 4.61. The first-order valence-corrected chi connectivity index (χ1v) is 8.41. The van der Waals surface area contributed by atoms with Crippen molar-refractivity contribution in [3.63, 3.8) is 0 Å². The zero-order valence-electron chi connectivity index (χ0n) is 13.9. The van der Waals surface area contributed by atoms with Crippen molar-refractivity contribution in [2.24, 2.45) is 0 Å². The molecule has 23 heavy (non-hydrogen) atoms. The van der Waals surface area contributed by atoms with Crippen molar-refractivity contribution in [2.45, 2.75) is 45.2 Å². The Morgan fingerprint density at radius 3 is 2.78 bits per heavy atom. The number of hydrogen-bond donors (Lipinski definition) is 0. The molecule has 3 rings (SSSR count). The molecule has 2 heterocycles. The highest BCUT2D eigenvalue weighted by Crippen LogP contribution is 2.28. The van der Waals surface area contributed by atoms with E-state index >= 15 is 0 Å². The Labute approximate surface area is 138 Å². The van der Waals surface area contributed by atoms with E-state index < -0.39 is 0 Å². The van der Waals surface area contributed by atoms with Crippen LogP contribution in [0.1, 0.15) is 55.6 Å². The van der Waals surface area contributed by atoms with Gasteiger partial charge in [0.1, 0.15) is 5.82 Å². The van der Waals surface area contributed by atoms with Gasteiger partial charge in [0.25, 0.3) is 0 Å². The molecule has 1 aromatic heterocycles. The highest BCUT2D eigenvalue weighted by Gasteiger charge is 2.25. The van der Waals surface area contributed by atoms with E-state index in [1.165, 1.54) is 24.2 Å². The number of nitriles is 1. The predicted octanol–water partition coefficient (Wildman–Crippen LogP) is 3.72. The maximum atomic E-state index is 8.89. The smallest absolute Gasteiger partial charge is 0.113 e. The molecule has 120 valence electrons.